The summed E-state index contributed by atoms with van der Waals surface area (Å²) >= 11 is 1.63. The normalized spacial score (nSPS) is 14.9. The number of hydrogen-bond acceptors (Lipinski definition) is 7. The zero-order valence-corrected chi connectivity index (χ0v) is 46.8. The first kappa shape index (κ1) is 50.8. The number of rotatable bonds is 12. The van der Waals surface area contributed by atoms with Gasteiger partial charge in [-0.2, -0.15) is 13.7 Å². The lowest BCUT2D eigenvalue weighted by atomic mass is 9.82. The molecular weight excluding hydrogens is 949 g/mol. The van der Waals surface area contributed by atoms with Gasteiger partial charge in [0.05, 0.1) is 17.2 Å². The van der Waals surface area contributed by atoms with Crippen molar-refractivity contribution in [3.8, 4) is 28.6 Å². The summed E-state index contributed by atoms with van der Waals surface area (Å²) in [5.74, 6) is 0.266. The first-order valence-electron chi connectivity index (χ1n) is 25.9. The zero-order chi connectivity index (χ0) is 53.4. The molecule has 7 aromatic rings. The minimum Gasteiger partial charge on any atom is -0.477 e. The molecule has 0 atom stereocenters. The summed E-state index contributed by atoms with van der Waals surface area (Å²) in [5, 5.41) is 14.4. The van der Waals surface area contributed by atoms with Crippen LogP contribution in [0.15, 0.2) is 150 Å². The monoisotopic (exact) mass is 1020 g/mol. The zero-order valence-electron chi connectivity index (χ0n) is 45.9. The van der Waals surface area contributed by atoms with Crippen LogP contribution >= 0.6 is 11.8 Å². The standard InChI is InChI=1S/C63H69N8O3S/c1-15-70-50-36-52-48(34-46(50)40(3)38-62(70,5)6)54(49-35-47-41(4)39-63(7,8)71(16-2)51(47)37-53(49)74-52)55-56(61(72)73)57(67-28-22-42(23-29-67)64(9)10)59(69-32-26-44(27-33-69)66(13)14)60(75-45-20-18-17-19-21-45)58(55)68-30-24-43(25-31-68)65(11)12/h17-39H,15-16H2,1-14H3/q+3/p+1. The van der Waals surface area contributed by atoms with Crippen molar-refractivity contribution >= 4 is 57.2 Å². The number of nitrogens with zero attached hydrogens (tertiary/aromatic N) is 8. The highest BCUT2D eigenvalue weighted by atomic mass is 32.2. The van der Waals surface area contributed by atoms with Gasteiger partial charge >= 0.3 is 11.7 Å². The van der Waals surface area contributed by atoms with Crippen molar-refractivity contribution in [3.63, 3.8) is 0 Å². The Bertz CT molecular complexity index is 3640. The number of aromatic carboxylic acids is 1. The van der Waals surface area contributed by atoms with Gasteiger partial charge in [-0.1, -0.05) is 36.0 Å². The van der Waals surface area contributed by atoms with E-state index in [1.807, 2.05) is 89.8 Å². The molecule has 0 radical (unpaired) electrons. The SMILES string of the molecule is CCN1c2cc3c(cc2C(C)=CC1(C)C)C(c1c(C(=O)O)c(-[n+]2ccc(N(C)C)cc2)c(-[n+]2ccc(N(C)C)cc2)c(Sc2ccccc2)c1-[n+]1ccc(N(C)C)cc1)=c1cc2c(cc1O3)=[N+](CC)C(C)(C)C=C2C. The van der Waals surface area contributed by atoms with E-state index in [9.17, 15) is 5.11 Å². The number of carbonyl (C=O) groups is 1. The minimum absolute atomic E-state index is 0.143. The summed E-state index contributed by atoms with van der Waals surface area (Å²) in [7, 11) is 12.1. The van der Waals surface area contributed by atoms with Crippen LogP contribution in [0.2, 0.25) is 0 Å². The molecule has 0 unspecified atom stereocenters. The van der Waals surface area contributed by atoms with Crippen LogP contribution in [0.1, 0.15) is 88.0 Å². The van der Waals surface area contributed by atoms with Crippen LogP contribution < -0.4 is 53.2 Å². The summed E-state index contributed by atoms with van der Waals surface area (Å²) in [6, 6.07) is 31.7. The molecule has 382 valence electrons. The molecule has 0 fully saturated rings. The maximum atomic E-state index is 15.3. The van der Waals surface area contributed by atoms with Crippen LogP contribution in [0.5, 0.6) is 11.5 Å². The Morgan fingerprint density at radius 2 is 1.17 bits per heavy atom. The van der Waals surface area contributed by atoms with Crippen LogP contribution in [-0.4, -0.2) is 77.5 Å². The number of pyridine rings is 3. The molecule has 3 aromatic heterocycles. The first-order valence-corrected chi connectivity index (χ1v) is 26.7. The first-order chi connectivity index (χ1) is 35.7. The molecule has 0 saturated carbocycles. The number of fused-ring (bicyclic) bond motifs is 4. The van der Waals surface area contributed by atoms with E-state index in [0.717, 1.165) is 95.3 Å². The number of allylic oxidation sites excluding steroid dienone is 2. The van der Waals surface area contributed by atoms with Gasteiger partial charge in [0.25, 0.3) is 5.69 Å². The van der Waals surface area contributed by atoms with E-state index in [-0.39, 0.29) is 16.6 Å². The van der Waals surface area contributed by atoms with E-state index in [4.69, 9.17) is 4.74 Å². The number of aromatic nitrogens is 3. The maximum absolute atomic E-state index is 15.3. The lowest BCUT2D eigenvalue weighted by Crippen LogP contribution is -2.49. The Kier molecular flexibility index (Phi) is 13.0. The Hall–Kier alpha value is -7.70. The van der Waals surface area contributed by atoms with E-state index >= 15 is 4.79 Å². The van der Waals surface area contributed by atoms with Gasteiger partial charge in [-0.25, -0.2) is 9.37 Å². The molecule has 75 heavy (non-hydrogen) atoms. The Morgan fingerprint density at radius 1 is 0.640 bits per heavy atom. The summed E-state index contributed by atoms with van der Waals surface area (Å²) < 4.78 is 16.0. The molecule has 1 N–H and O–H groups in total. The fraction of sp³-hybridized carbons (Fsp3) is 0.286. The highest BCUT2D eigenvalue weighted by Gasteiger charge is 2.46. The second-order valence-electron chi connectivity index (χ2n) is 21.6. The van der Waals surface area contributed by atoms with Crippen LogP contribution in [0, 0.1) is 0 Å². The Balaban J connectivity index is 1.50. The van der Waals surface area contributed by atoms with Gasteiger partial charge in [0.2, 0.25) is 11.0 Å². The van der Waals surface area contributed by atoms with E-state index in [2.05, 4.69) is 186 Å². The van der Waals surface area contributed by atoms with E-state index < -0.39 is 5.97 Å². The third-order valence-corrected chi connectivity index (χ3v) is 16.2. The van der Waals surface area contributed by atoms with Gasteiger partial charge in [0.15, 0.2) is 53.2 Å². The Morgan fingerprint density at radius 3 is 1.69 bits per heavy atom. The molecular formula is C63H70N8O3S+4. The van der Waals surface area contributed by atoms with E-state index in [1.165, 1.54) is 0 Å². The molecule has 0 saturated heterocycles. The second-order valence-corrected chi connectivity index (χ2v) is 22.7. The molecule has 0 amide bonds. The minimum atomic E-state index is -1.07. The molecule has 3 aliphatic heterocycles. The molecule has 0 bridgehead atoms. The number of likely N-dealkylation sites (N-methyl/N-ethyl adjacent to an activating group) is 2. The third kappa shape index (κ3) is 8.82. The van der Waals surface area contributed by atoms with E-state index in [0.29, 0.717) is 28.4 Å². The molecule has 11 nitrogen and oxygen atoms in total. The number of benzene rings is 4. The van der Waals surface area contributed by atoms with Crippen molar-refractivity contribution in [3.05, 3.63) is 179 Å². The summed E-state index contributed by atoms with van der Waals surface area (Å²) in [5.41, 5.74) is 12.3. The predicted octanol–water partition coefficient (Wildman–Crippen LogP) is 9.65. The van der Waals surface area contributed by atoms with Crippen molar-refractivity contribution in [2.75, 3.05) is 75.0 Å². The van der Waals surface area contributed by atoms with Crippen LogP contribution in [0.3, 0.4) is 0 Å². The summed E-state index contributed by atoms with van der Waals surface area (Å²) in [6.45, 7) is 19.4. The van der Waals surface area contributed by atoms with Crippen molar-refractivity contribution in [1.82, 2.24) is 4.58 Å². The molecule has 12 heteroatoms. The molecule has 10 rings (SSSR count). The number of carboxylic acids is 1. The molecule has 0 spiro atoms. The smallest absolute Gasteiger partial charge is 0.343 e. The quantitative estimate of drug-likeness (QED) is 0.122. The average Bonchev–Trinajstić information content (AvgIpc) is 3.37. The third-order valence-electron chi connectivity index (χ3n) is 15.1. The van der Waals surface area contributed by atoms with Gasteiger partial charge < -0.3 is 29.4 Å². The lowest BCUT2D eigenvalue weighted by molar-refractivity contribution is -0.637. The molecule has 6 heterocycles. The lowest BCUT2D eigenvalue weighted by Gasteiger charge is -2.43. The van der Waals surface area contributed by atoms with Crippen molar-refractivity contribution in [2.45, 2.75) is 76.3 Å². The van der Waals surface area contributed by atoms with Crippen LogP contribution in [0.25, 0.3) is 33.8 Å². The topological polar surface area (TPSA) is 74.1 Å². The van der Waals surface area contributed by atoms with Crippen LogP contribution in [-0.2, 0) is 0 Å². The summed E-state index contributed by atoms with van der Waals surface area (Å²) in [6.07, 6.45) is 16.9. The van der Waals surface area contributed by atoms with Gasteiger partial charge in [0.1, 0.15) is 18.0 Å². The fourth-order valence-corrected chi connectivity index (χ4v) is 12.8. The highest BCUT2D eigenvalue weighted by molar-refractivity contribution is 7.99. The maximum Gasteiger partial charge on any atom is 0.343 e. The van der Waals surface area contributed by atoms with Crippen LogP contribution in [0.4, 0.5) is 22.7 Å². The second kappa shape index (κ2) is 19.2. The molecule has 3 aliphatic rings. The van der Waals surface area contributed by atoms with Gasteiger partial charge in [0, 0.05) is 160 Å². The number of hydrogen-bond donors (Lipinski definition) is 1. The predicted molar refractivity (Wildman–Crippen MR) is 306 cm³/mol. The number of ether oxygens (including phenoxy) is 1. The van der Waals surface area contributed by atoms with Gasteiger partial charge in [-0.15, -0.1) is 0 Å². The largest absolute Gasteiger partial charge is 0.477 e. The fourth-order valence-electron chi connectivity index (χ4n) is 11.6. The highest BCUT2D eigenvalue weighted by Crippen LogP contribution is 2.50. The van der Waals surface area contributed by atoms with Crippen molar-refractivity contribution in [2.24, 2.45) is 0 Å². The number of anilines is 4. The summed E-state index contributed by atoms with van der Waals surface area (Å²) in [4.78, 5) is 25.8. The van der Waals surface area contributed by atoms with Gasteiger partial charge in [-0.05, 0) is 83.0 Å². The molecule has 4 aromatic carbocycles. The van der Waals surface area contributed by atoms with Crippen molar-refractivity contribution < 1.29 is 28.3 Å². The van der Waals surface area contributed by atoms with E-state index in [1.54, 1.807) is 11.8 Å². The Labute approximate surface area is 446 Å². The van der Waals surface area contributed by atoms with Crippen molar-refractivity contribution in [1.29, 1.82) is 0 Å². The average molecular weight is 1020 g/mol. The molecule has 0 aliphatic carbocycles. The van der Waals surface area contributed by atoms with Gasteiger partial charge in [-0.3, -0.25) is 0 Å². The number of carboxylic acid groups (broad SMARTS) is 1.